The number of amides is 2. The lowest BCUT2D eigenvalue weighted by molar-refractivity contribution is -0.118. The van der Waals surface area contributed by atoms with Crippen LogP contribution in [0.2, 0.25) is 0 Å². The first-order chi connectivity index (χ1) is 12.2. The largest absolute Gasteiger partial charge is 0.342 e. The molecule has 25 heavy (non-hydrogen) atoms. The Bertz CT molecular complexity index is 739. The summed E-state index contributed by atoms with van der Waals surface area (Å²) in [5.41, 5.74) is 2.28. The highest BCUT2D eigenvalue weighted by Crippen LogP contribution is 2.14. The fourth-order valence-corrected chi connectivity index (χ4v) is 2.67. The van der Waals surface area contributed by atoms with Gasteiger partial charge < -0.3 is 15.1 Å². The number of carbonyl (C=O) groups is 2. The Morgan fingerprint density at radius 2 is 1.88 bits per heavy atom. The number of nitrogens with one attached hydrogen (secondary N) is 1. The van der Waals surface area contributed by atoms with Gasteiger partial charge in [0.1, 0.15) is 5.69 Å². The Morgan fingerprint density at radius 3 is 2.52 bits per heavy atom. The first kappa shape index (κ1) is 16.9. The third-order valence-corrected chi connectivity index (χ3v) is 4.24. The first-order valence-corrected chi connectivity index (χ1v) is 8.37. The molecule has 7 heteroatoms. The van der Waals surface area contributed by atoms with Gasteiger partial charge in [0, 0.05) is 38.1 Å². The van der Waals surface area contributed by atoms with E-state index in [4.69, 9.17) is 0 Å². The average Bonchev–Trinajstić information content (AvgIpc) is 2.68. The standard InChI is InChI=1S/C18H21N5O2/c1-2-14-3-5-15(6-4-14)20-17(25)16-7-8-19-18(21-16)23-11-9-22(13-24)10-12-23/h3-8,13H,2,9-12H2,1H3,(H,20,25). The quantitative estimate of drug-likeness (QED) is 0.837. The molecular formula is C18H21N5O2. The van der Waals surface area contributed by atoms with Gasteiger partial charge in [-0.05, 0) is 30.2 Å². The fourth-order valence-electron chi connectivity index (χ4n) is 2.67. The number of hydrogen-bond acceptors (Lipinski definition) is 5. The summed E-state index contributed by atoms with van der Waals surface area (Å²) in [7, 11) is 0. The van der Waals surface area contributed by atoms with Crippen molar-refractivity contribution in [2.45, 2.75) is 13.3 Å². The fraction of sp³-hybridized carbons (Fsp3) is 0.333. The number of aromatic nitrogens is 2. The van der Waals surface area contributed by atoms with Crippen LogP contribution in [0.4, 0.5) is 11.6 Å². The van der Waals surface area contributed by atoms with E-state index in [1.165, 1.54) is 5.56 Å². The normalized spacial score (nSPS) is 14.3. The third-order valence-electron chi connectivity index (χ3n) is 4.24. The van der Waals surface area contributed by atoms with Crippen molar-refractivity contribution in [2.24, 2.45) is 0 Å². The molecule has 130 valence electrons. The van der Waals surface area contributed by atoms with E-state index < -0.39 is 0 Å². The Balaban J connectivity index is 1.67. The maximum Gasteiger partial charge on any atom is 0.274 e. The van der Waals surface area contributed by atoms with Crippen molar-refractivity contribution in [3.05, 3.63) is 47.8 Å². The van der Waals surface area contributed by atoms with E-state index >= 15 is 0 Å². The lowest BCUT2D eigenvalue weighted by atomic mass is 10.1. The molecule has 0 spiro atoms. The van der Waals surface area contributed by atoms with Gasteiger partial charge in [-0.2, -0.15) is 0 Å². The molecule has 2 amide bonds. The van der Waals surface area contributed by atoms with Gasteiger partial charge in [-0.15, -0.1) is 0 Å². The molecule has 2 aromatic rings. The Hall–Kier alpha value is -2.96. The second-order valence-corrected chi connectivity index (χ2v) is 5.87. The van der Waals surface area contributed by atoms with Gasteiger partial charge in [-0.25, -0.2) is 9.97 Å². The van der Waals surface area contributed by atoms with Crippen molar-refractivity contribution in [3.63, 3.8) is 0 Å². The Labute approximate surface area is 146 Å². The van der Waals surface area contributed by atoms with Gasteiger partial charge >= 0.3 is 0 Å². The summed E-state index contributed by atoms with van der Waals surface area (Å²) in [6.45, 7) is 4.66. The summed E-state index contributed by atoms with van der Waals surface area (Å²) in [5, 5.41) is 2.85. The lowest BCUT2D eigenvalue weighted by Gasteiger charge is -2.32. The van der Waals surface area contributed by atoms with Crippen LogP contribution in [-0.4, -0.2) is 53.4 Å². The van der Waals surface area contributed by atoms with Crippen LogP contribution in [0.25, 0.3) is 0 Å². The number of aryl methyl sites for hydroxylation is 1. The number of piperazine rings is 1. The van der Waals surface area contributed by atoms with Crippen molar-refractivity contribution < 1.29 is 9.59 Å². The highest BCUT2D eigenvalue weighted by molar-refractivity contribution is 6.02. The molecule has 0 atom stereocenters. The topological polar surface area (TPSA) is 78.4 Å². The van der Waals surface area contributed by atoms with E-state index in [1.54, 1.807) is 17.2 Å². The van der Waals surface area contributed by atoms with Gasteiger partial charge in [0.05, 0.1) is 0 Å². The van der Waals surface area contributed by atoms with Crippen molar-refractivity contribution in [1.82, 2.24) is 14.9 Å². The van der Waals surface area contributed by atoms with Crippen LogP contribution in [-0.2, 0) is 11.2 Å². The first-order valence-electron chi connectivity index (χ1n) is 8.37. The minimum atomic E-state index is -0.264. The number of carbonyl (C=O) groups excluding carboxylic acids is 2. The van der Waals surface area contributed by atoms with Crippen LogP contribution in [0.15, 0.2) is 36.5 Å². The molecule has 1 fully saturated rings. The molecule has 0 saturated carbocycles. The van der Waals surface area contributed by atoms with Crippen LogP contribution in [0, 0.1) is 0 Å². The van der Waals surface area contributed by atoms with E-state index in [-0.39, 0.29) is 5.91 Å². The summed E-state index contributed by atoms with van der Waals surface area (Å²) in [6, 6.07) is 9.36. The van der Waals surface area contributed by atoms with E-state index in [0.29, 0.717) is 37.8 Å². The van der Waals surface area contributed by atoms with Gasteiger partial charge in [-0.1, -0.05) is 19.1 Å². The van der Waals surface area contributed by atoms with E-state index in [2.05, 4.69) is 22.2 Å². The Morgan fingerprint density at radius 1 is 1.16 bits per heavy atom. The van der Waals surface area contributed by atoms with Gasteiger partial charge in [0.15, 0.2) is 0 Å². The summed E-state index contributed by atoms with van der Waals surface area (Å²) in [6.07, 6.45) is 3.40. The van der Waals surface area contributed by atoms with Crippen LogP contribution in [0.1, 0.15) is 23.0 Å². The monoisotopic (exact) mass is 339 g/mol. The van der Waals surface area contributed by atoms with Gasteiger partial charge in [-0.3, -0.25) is 9.59 Å². The molecule has 0 unspecified atom stereocenters. The van der Waals surface area contributed by atoms with E-state index in [1.807, 2.05) is 29.2 Å². The van der Waals surface area contributed by atoms with Crippen molar-refractivity contribution in [1.29, 1.82) is 0 Å². The molecule has 0 bridgehead atoms. The predicted octanol–water partition coefficient (Wildman–Crippen LogP) is 1.57. The Kier molecular flexibility index (Phi) is 5.23. The van der Waals surface area contributed by atoms with Crippen LogP contribution >= 0.6 is 0 Å². The number of nitrogens with zero attached hydrogens (tertiary/aromatic N) is 4. The molecule has 3 rings (SSSR count). The summed E-state index contributed by atoms with van der Waals surface area (Å²) < 4.78 is 0. The van der Waals surface area contributed by atoms with Crippen molar-refractivity contribution in [2.75, 3.05) is 36.4 Å². The minimum absolute atomic E-state index is 0.264. The molecule has 0 aliphatic carbocycles. The SMILES string of the molecule is CCc1ccc(NC(=O)c2ccnc(N3CCN(C=O)CC3)n2)cc1. The maximum absolute atomic E-state index is 12.4. The van der Waals surface area contributed by atoms with Gasteiger partial charge in [0.25, 0.3) is 5.91 Å². The third kappa shape index (κ3) is 4.12. The lowest BCUT2D eigenvalue weighted by Crippen LogP contribution is -2.46. The predicted molar refractivity (Wildman–Crippen MR) is 95.7 cm³/mol. The summed E-state index contributed by atoms with van der Waals surface area (Å²) in [5.74, 6) is 0.249. The zero-order valence-corrected chi connectivity index (χ0v) is 14.2. The minimum Gasteiger partial charge on any atom is -0.342 e. The second kappa shape index (κ2) is 7.74. The van der Waals surface area contributed by atoms with Crippen LogP contribution in [0.3, 0.4) is 0 Å². The second-order valence-electron chi connectivity index (χ2n) is 5.87. The van der Waals surface area contributed by atoms with E-state index in [0.717, 1.165) is 18.5 Å². The van der Waals surface area contributed by atoms with Crippen molar-refractivity contribution in [3.8, 4) is 0 Å². The molecule has 1 aromatic carbocycles. The highest BCUT2D eigenvalue weighted by Gasteiger charge is 2.19. The van der Waals surface area contributed by atoms with Crippen LogP contribution in [0.5, 0.6) is 0 Å². The zero-order chi connectivity index (χ0) is 17.6. The number of anilines is 2. The van der Waals surface area contributed by atoms with Crippen molar-refractivity contribution >= 4 is 24.0 Å². The average molecular weight is 339 g/mol. The zero-order valence-electron chi connectivity index (χ0n) is 14.2. The molecule has 1 aliphatic heterocycles. The summed E-state index contributed by atoms with van der Waals surface area (Å²) in [4.78, 5) is 35.5. The molecular weight excluding hydrogens is 318 g/mol. The van der Waals surface area contributed by atoms with Gasteiger partial charge in [0.2, 0.25) is 12.4 Å². The van der Waals surface area contributed by atoms with E-state index in [9.17, 15) is 9.59 Å². The molecule has 1 saturated heterocycles. The molecule has 1 aliphatic rings. The summed E-state index contributed by atoms with van der Waals surface area (Å²) >= 11 is 0. The molecule has 2 heterocycles. The number of benzene rings is 1. The maximum atomic E-state index is 12.4. The smallest absolute Gasteiger partial charge is 0.274 e. The molecule has 1 aromatic heterocycles. The van der Waals surface area contributed by atoms with Crippen LogP contribution < -0.4 is 10.2 Å². The molecule has 7 nitrogen and oxygen atoms in total. The molecule has 1 N–H and O–H groups in total. The molecule has 0 radical (unpaired) electrons. The number of hydrogen-bond donors (Lipinski definition) is 1. The number of rotatable bonds is 5. The highest BCUT2D eigenvalue weighted by atomic mass is 16.2.